The zero-order valence-electron chi connectivity index (χ0n) is 13.9. The fourth-order valence-electron chi connectivity index (χ4n) is 0.883. The zero-order chi connectivity index (χ0) is 15.4. The smallest absolute Gasteiger partial charge is 0.0190 e. The van der Waals surface area contributed by atoms with E-state index in [1.165, 1.54) is 0 Å². The van der Waals surface area contributed by atoms with Crippen LogP contribution in [0.25, 0.3) is 12.2 Å². The first-order chi connectivity index (χ1) is 8.88. The van der Waals surface area contributed by atoms with Crippen LogP contribution in [0, 0.1) is 0 Å². The van der Waals surface area contributed by atoms with Gasteiger partial charge in [0.15, 0.2) is 0 Å². The maximum Gasteiger partial charge on any atom is -0.0190 e. The Hall–Kier alpha value is -1.30. The fourth-order valence-corrected chi connectivity index (χ4v) is 0.883. The first-order valence-corrected chi connectivity index (χ1v) is 7.22. The van der Waals surface area contributed by atoms with Crippen molar-refractivity contribution in [1.82, 2.24) is 0 Å². The molecule has 0 atom stereocenters. The second-order valence-corrected chi connectivity index (χ2v) is 2.04. The van der Waals surface area contributed by atoms with E-state index in [9.17, 15) is 0 Å². The Kier molecular flexibility index (Phi) is 78.3. The van der Waals surface area contributed by atoms with Crippen molar-refractivity contribution < 1.29 is 0 Å². The molecular weight excluding hydrogens is 240 g/mol. The molecule has 0 amide bonds. The summed E-state index contributed by atoms with van der Waals surface area (Å²) in [6, 6.07) is 8.02. The molecule has 0 aliphatic rings. The maximum atomic E-state index is 3.69. The number of hydrogen-bond acceptors (Lipinski definition) is 0. The molecule has 20 heavy (non-hydrogen) atoms. The monoisotopic (exact) mass is 282 g/mol. The van der Waals surface area contributed by atoms with Crippen LogP contribution in [0.3, 0.4) is 0 Å². The molecule has 1 aromatic rings. The van der Waals surface area contributed by atoms with Crippen LogP contribution < -0.4 is 0 Å². The zero-order valence-corrected chi connectivity index (χ0v) is 13.9. The topological polar surface area (TPSA) is 0 Å². The summed E-state index contributed by atoms with van der Waals surface area (Å²) in [5.41, 5.74) is 2.27. The molecule has 122 valence electrons. The average molecular weight is 283 g/mol. The second-order valence-electron chi connectivity index (χ2n) is 2.04. The molecule has 0 saturated heterocycles. The van der Waals surface area contributed by atoms with E-state index in [-0.39, 0.29) is 14.9 Å². The van der Waals surface area contributed by atoms with E-state index in [1.807, 2.05) is 91.8 Å². The minimum absolute atomic E-state index is 0. The first-order valence-electron chi connectivity index (χ1n) is 7.22. The van der Waals surface area contributed by atoms with Gasteiger partial charge in [-0.2, -0.15) is 0 Å². The van der Waals surface area contributed by atoms with Gasteiger partial charge in [-0.05, 0) is 11.1 Å². The van der Waals surface area contributed by atoms with Crippen LogP contribution in [-0.2, 0) is 0 Å². The van der Waals surface area contributed by atoms with Gasteiger partial charge in [0, 0.05) is 0 Å². The van der Waals surface area contributed by atoms with Crippen LogP contribution in [-0.4, -0.2) is 0 Å². The van der Waals surface area contributed by atoms with Crippen molar-refractivity contribution in [2.24, 2.45) is 0 Å². The third-order valence-electron chi connectivity index (χ3n) is 1.44. The lowest BCUT2D eigenvalue weighted by Gasteiger charge is -1.96. The molecule has 1 rings (SSSR count). The maximum absolute atomic E-state index is 3.69. The second kappa shape index (κ2) is 43.1. The molecule has 0 aliphatic carbocycles. The minimum Gasteiger partial charge on any atom is -0.0984 e. The fraction of sp³-hybridized carbons (Fsp3) is 0.500. The molecule has 0 bridgehead atoms. The molecule has 1 aromatic carbocycles. The molecule has 0 aromatic heterocycles. The largest absolute Gasteiger partial charge is 0.0984 e. The van der Waals surface area contributed by atoms with E-state index in [2.05, 4.69) is 13.2 Å². The van der Waals surface area contributed by atoms with Crippen molar-refractivity contribution in [1.29, 1.82) is 0 Å². The number of rotatable bonds is 2. The summed E-state index contributed by atoms with van der Waals surface area (Å²) in [5, 5.41) is 0. The molecule has 0 saturated carbocycles. The van der Waals surface area contributed by atoms with Crippen molar-refractivity contribution in [3.05, 3.63) is 48.6 Å². The Morgan fingerprint density at radius 1 is 0.600 bits per heavy atom. The van der Waals surface area contributed by atoms with Crippen LogP contribution in [0.2, 0.25) is 0 Å². The lowest BCUT2D eigenvalue weighted by molar-refractivity contribution is 1.50. The van der Waals surface area contributed by atoms with E-state index < -0.39 is 0 Å². The Morgan fingerprint density at radius 2 is 0.800 bits per heavy atom. The highest BCUT2D eigenvalue weighted by Gasteiger charge is 1.89. The van der Waals surface area contributed by atoms with Crippen LogP contribution in [0.5, 0.6) is 0 Å². The normalized spacial score (nSPS) is 5.60. The van der Waals surface area contributed by atoms with Gasteiger partial charge in [-0.1, -0.05) is 120 Å². The van der Waals surface area contributed by atoms with E-state index in [0.717, 1.165) is 11.1 Å². The van der Waals surface area contributed by atoms with Crippen LogP contribution in [0.15, 0.2) is 37.4 Å². The molecule has 0 fully saturated rings. The molecule has 0 heteroatoms. The predicted molar refractivity (Wildman–Crippen MR) is 105 cm³/mol. The molecule has 0 radical (unpaired) electrons. The summed E-state index contributed by atoms with van der Waals surface area (Å²) in [6.07, 6.45) is 3.66. The third kappa shape index (κ3) is 21.9. The summed E-state index contributed by atoms with van der Waals surface area (Å²) in [4.78, 5) is 0. The van der Waals surface area contributed by atoms with Gasteiger partial charge in [0.2, 0.25) is 0 Å². The predicted octanol–water partition coefficient (Wildman–Crippen LogP) is 8.35. The molecule has 0 aliphatic heterocycles. The van der Waals surface area contributed by atoms with Crippen molar-refractivity contribution >= 4 is 12.2 Å². The van der Waals surface area contributed by atoms with Crippen molar-refractivity contribution in [3.8, 4) is 0 Å². The highest BCUT2D eigenvalue weighted by Crippen LogP contribution is 2.10. The van der Waals surface area contributed by atoms with Gasteiger partial charge < -0.3 is 0 Å². The van der Waals surface area contributed by atoms with Gasteiger partial charge >= 0.3 is 0 Å². The van der Waals surface area contributed by atoms with Crippen molar-refractivity contribution in [3.63, 3.8) is 0 Å². The Balaban J connectivity index is -0.0000000428. The van der Waals surface area contributed by atoms with Crippen molar-refractivity contribution in [2.75, 3.05) is 0 Å². The van der Waals surface area contributed by atoms with Gasteiger partial charge in [0.05, 0.1) is 0 Å². The lowest BCUT2D eigenvalue weighted by Crippen LogP contribution is -1.76. The lowest BCUT2D eigenvalue weighted by atomic mass is 10.1. The number of benzene rings is 1. The summed E-state index contributed by atoms with van der Waals surface area (Å²) < 4.78 is 0. The SMILES string of the molecule is C.C.C=Cc1ccccc1C=C.CC.CC.CC.CC. The summed E-state index contributed by atoms with van der Waals surface area (Å²) in [7, 11) is 0. The highest BCUT2D eigenvalue weighted by molar-refractivity contribution is 5.63. The molecule has 0 unspecified atom stereocenters. The van der Waals surface area contributed by atoms with Crippen LogP contribution >= 0.6 is 0 Å². The molecular formula is C20H42. The van der Waals surface area contributed by atoms with E-state index in [4.69, 9.17) is 0 Å². The van der Waals surface area contributed by atoms with E-state index >= 15 is 0 Å². The molecule has 0 nitrogen and oxygen atoms in total. The van der Waals surface area contributed by atoms with Gasteiger partial charge in [-0.3, -0.25) is 0 Å². The summed E-state index contributed by atoms with van der Waals surface area (Å²) in [6.45, 7) is 23.4. The van der Waals surface area contributed by atoms with Gasteiger partial charge in [0.1, 0.15) is 0 Å². The highest BCUT2D eigenvalue weighted by atomic mass is 13.9. The van der Waals surface area contributed by atoms with Gasteiger partial charge in [-0.25, -0.2) is 0 Å². The summed E-state index contributed by atoms with van der Waals surface area (Å²) >= 11 is 0. The Morgan fingerprint density at radius 3 is 0.950 bits per heavy atom. The van der Waals surface area contributed by atoms with Crippen molar-refractivity contribution in [2.45, 2.75) is 70.2 Å². The van der Waals surface area contributed by atoms with Crippen LogP contribution in [0.4, 0.5) is 0 Å². The Bertz CT molecular complexity index is 219. The van der Waals surface area contributed by atoms with E-state index in [0.29, 0.717) is 0 Å². The van der Waals surface area contributed by atoms with Crippen LogP contribution in [0.1, 0.15) is 81.4 Å². The van der Waals surface area contributed by atoms with Gasteiger partial charge in [-0.15, -0.1) is 0 Å². The number of hydrogen-bond donors (Lipinski definition) is 0. The third-order valence-corrected chi connectivity index (χ3v) is 1.44. The summed E-state index contributed by atoms with van der Waals surface area (Å²) in [5.74, 6) is 0. The van der Waals surface area contributed by atoms with Gasteiger partial charge in [0.25, 0.3) is 0 Å². The van der Waals surface area contributed by atoms with E-state index in [1.54, 1.807) is 0 Å². The first kappa shape index (κ1) is 36.3. The Labute approximate surface area is 131 Å². The quantitative estimate of drug-likeness (QED) is 0.511. The standard InChI is InChI=1S/C10H10.4C2H6.2CH4/c1-3-9-7-5-6-8-10(9)4-2;4*1-2;;/h3-8H,1-2H2;4*1-2H3;2*1H4. The molecule has 0 heterocycles. The molecule has 0 spiro atoms. The average Bonchev–Trinajstić information content (AvgIpc) is 2.55. The minimum atomic E-state index is 0. The molecule has 0 N–H and O–H groups in total.